The summed E-state index contributed by atoms with van der Waals surface area (Å²) in [4.78, 5) is 10.0. The van der Waals surface area contributed by atoms with Crippen LogP contribution in [0.5, 0.6) is 0 Å². The van der Waals surface area contributed by atoms with Crippen LogP contribution < -0.4 is 0 Å². The number of methoxy groups -OCH3 is 3. The molecular weight excluding hydrogens is 214 g/mol. The van der Waals surface area contributed by atoms with Gasteiger partial charge in [0.25, 0.3) is 5.69 Å². The Morgan fingerprint density at radius 1 is 1.06 bits per heavy atom. The lowest BCUT2D eigenvalue weighted by molar-refractivity contribution is -0.385. The summed E-state index contributed by atoms with van der Waals surface area (Å²) in [6.07, 6.45) is 0. The molecule has 1 aromatic carbocycles. The summed E-state index contributed by atoms with van der Waals surface area (Å²) in [5, 5.41) is 10.5. The van der Waals surface area contributed by atoms with Crippen LogP contribution in [0.25, 0.3) is 0 Å². The van der Waals surface area contributed by atoms with Crippen LogP contribution >= 0.6 is 0 Å². The van der Waals surface area contributed by atoms with Crippen LogP contribution in [0.3, 0.4) is 0 Å². The Labute approximate surface area is 92.9 Å². The monoisotopic (exact) mass is 227 g/mol. The Kier molecular flexibility index (Phi) is 3.94. The Balaban J connectivity index is 3.08. The van der Waals surface area contributed by atoms with E-state index in [0.29, 0.717) is 5.56 Å². The van der Waals surface area contributed by atoms with Gasteiger partial charge in [0.1, 0.15) is 0 Å². The SMILES string of the molecule is COC(OC)(OC)c1ccc([N+](=O)[O-])cc1. The van der Waals surface area contributed by atoms with Crippen molar-refractivity contribution in [2.75, 3.05) is 21.3 Å². The number of benzene rings is 1. The van der Waals surface area contributed by atoms with Crippen molar-refractivity contribution in [3.8, 4) is 0 Å². The van der Waals surface area contributed by atoms with Gasteiger partial charge in [-0.15, -0.1) is 0 Å². The zero-order valence-electron chi connectivity index (χ0n) is 9.30. The molecule has 16 heavy (non-hydrogen) atoms. The van der Waals surface area contributed by atoms with Crippen LogP contribution in [-0.4, -0.2) is 26.3 Å². The van der Waals surface area contributed by atoms with Crippen molar-refractivity contribution in [1.29, 1.82) is 0 Å². The van der Waals surface area contributed by atoms with E-state index in [0.717, 1.165) is 0 Å². The molecule has 0 N–H and O–H groups in total. The van der Waals surface area contributed by atoms with Crippen molar-refractivity contribution in [2.45, 2.75) is 5.97 Å². The van der Waals surface area contributed by atoms with Gasteiger partial charge in [-0.2, -0.15) is 0 Å². The summed E-state index contributed by atoms with van der Waals surface area (Å²) in [7, 11) is 4.28. The Hall–Kier alpha value is -1.50. The molecule has 0 bridgehead atoms. The topological polar surface area (TPSA) is 70.8 Å². The number of hydrogen-bond donors (Lipinski definition) is 0. The second kappa shape index (κ2) is 5.02. The van der Waals surface area contributed by atoms with Gasteiger partial charge in [-0.25, -0.2) is 0 Å². The van der Waals surface area contributed by atoms with Crippen LogP contribution in [0.15, 0.2) is 24.3 Å². The minimum absolute atomic E-state index is 0.000888. The first-order valence-electron chi connectivity index (χ1n) is 4.50. The smallest absolute Gasteiger partial charge is 0.311 e. The number of rotatable bonds is 5. The summed E-state index contributed by atoms with van der Waals surface area (Å²) in [5.41, 5.74) is 0.548. The lowest BCUT2D eigenvalue weighted by atomic mass is 10.1. The quantitative estimate of drug-likeness (QED) is 0.434. The lowest BCUT2D eigenvalue weighted by Crippen LogP contribution is -2.32. The van der Waals surface area contributed by atoms with Gasteiger partial charge in [-0.3, -0.25) is 10.1 Å². The number of ether oxygens (including phenoxy) is 3. The second-order valence-electron chi connectivity index (χ2n) is 2.97. The predicted octanol–water partition coefficient (Wildman–Crippen LogP) is 1.64. The van der Waals surface area contributed by atoms with Crippen LogP contribution in [0.1, 0.15) is 5.56 Å². The van der Waals surface area contributed by atoms with Crippen molar-refractivity contribution >= 4 is 5.69 Å². The molecule has 0 saturated carbocycles. The van der Waals surface area contributed by atoms with Crippen LogP contribution in [0.2, 0.25) is 0 Å². The van der Waals surface area contributed by atoms with Gasteiger partial charge in [0, 0.05) is 39.0 Å². The standard InChI is InChI=1S/C10H13NO5/c1-14-10(15-2,16-3)8-4-6-9(7-5-8)11(12)13/h4-7H,1-3H3. The molecule has 0 aromatic heterocycles. The first-order valence-corrected chi connectivity index (χ1v) is 4.50. The number of nitro benzene ring substituents is 1. The lowest BCUT2D eigenvalue weighted by Gasteiger charge is -2.28. The average molecular weight is 227 g/mol. The average Bonchev–Trinajstić information content (AvgIpc) is 2.33. The molecule has 0 radical (unpaired) electrons. The molecule has 6 nitrogen and oxygen atoms in total. The van der Waals surface area contributed by atoms with Gasteiger partial charge >= 0.3 is 5.97 Å². The van der Waals surface area contributed by atoms with Gasteiger partial charge in [-0.1, -0.05) is 0 Å². The Morgan fingerprint density at radius 3 is 1.81 bits per heavy atom. The summed E-state index contributed by atoms with van der Waals surface area (Å²) in [5.74, 6) is -1.32. The Morgan fingerprint density at radius 2 is 1.50 bits per heavy atom. The molecular formula is C10H13NO5. The zero-order chi connectivity index (χ0) is 12.2. The van der Waals surface area contributed by atoms with E-state index >= 15 is 0 Å². The molecule has 0 aliphatic heterocycles. The third-order valence-corrected chi connectivity index (χ3v) is 2.24. The molecule has 0 fully saturated rings. The third-order valence-electron chi connectivity index (χ3n) is 2.24. The van der Waals surface area contributed by atoms with E-state index in [4.69, 9.17) is 14.2 Å². The first kappa shape index (κ1) is 12.6. The van der Waals surface area contributed by atoms with Crippen molar-refractivity contribution in [3.05, 3.63) is 39.9 Å². The molecule has 0 aliphatic rings. The highest BCUT2D eigenvalue weighted by molar-refractivity contribution is 5.34. The largest absolute Gasteiger partial charge is 0.327 e. The van der Waals surface area contributed by atoms with Crippen LogP contribution in [-0.2, 0) is 20.2 Å². The molecule has 0 unspecified atom stereocenters. The maximum absolute atomic E-state index is 10.5. The maximum atomic E-state index is 10.5. The van der Waals surface area contributed by atoms with Crippen molar-refractivity contribution in [1.82, 2.24) is 0 Å². The van der Waals surface area contributed by atoms with Gasteiger partial charge in [0.05, 0.1) is 4.92 Å². The van der Waals surface area contributed by atoms with Crippen LogP contribution in [0.4, 0.5) is 5.69 Å². The normalized spacial score (nSPS) is 11.4. The molecule has 0 amide bonds. The Bertz CT molecular complexity index is 350. The summed E-state index contributed by atoms with van der Waals surface area (Å²) >= 11 is 0. The zero-order valence-corrected chi connectivity index (χ0v) is 9.30. The van der Waals surface area contributed by atoms with E-state index in [2.05, 4.69) is 0 Å². The number of hydrogen-bond acceptors (Lipinski definition) is 5. The summed E-state index contributed by atoms with van der Waals surface area (Å²) < 4.78 is 15.3. The minimum Gasteiger partial charge on any atom is -0.327 e. The fraction of sp³-hybridized carbons (Fsp3) is 0.400. The highest BCUT2D eigenvalue weighted by atomic mass is 16.9. The fourth-order valence-electron chi connectivity index (χ4n) is 1.39. The molecule has 1 rings (SSSR count). The van der Waals surface area contributed by atoms with E-state index in [1.807, 2.05) is 0 Å². The fourth-order valence-corrected chi connectivity index (χ4v) is 1.39. The van der Waals surface area contributed by atoms with Gasteiger partial charge in [-0.05, 0) is 12.1 Å². The molecule has 6 heteroatoms. The molecule has 0 aliphatic carbocycles. The molecule has 1 aromatic rings. The third kappa shape index (κ3) is 2.19. The van der Waals surface area contributed by atoms with E-state index in [9.17, 15) is 10.1 Å². The molecule has 0 atom stereocenters. The predicted molar refractivity (Wildman–Crippen MR) is 55.8 cm³/mol. The second-order valence-corrected chi connectivity index (χ2v) is 2.97. The molecule has 88 valence electrons. The van der Waals surface area contributed by atoms with Gasteiger partial charge in [0.15, 0.2) is 0 Å². The minimum atomic E-state index is -1.32. The summed E-state index contributed by atoms with van der Waals surface area (Å²) in [6, 6.07) is 5.77. The maximum Gasteiger partial charge on any atom is 0.311 e. The van der Waals surface area contributed by atoms with Crippen molar-refractivity contribution in [3.63, 3.8) is 0 Å². The molecule has 0 saturated heterocycles. The molecule has 0 heterocycles. The van der Waals surface area contributed by atoms with Crippen molar-refractivity contribution in [2.24, 2.45) is 0 Å². The highest BCUT2D eigenvalue weighted by Crippen LogP contribution is 2.28. The van der Waals surface area contributed by atoms with Crippen molar-refractivity contribution < 1.29 is 19.1 Å². The van der Waals surface area contributed by atoms with E-state index in [1.165, 1.54) is 45.6 Å². The van der Waals surface area contributed by atoms with E-state index in [1.54, 1.807) is 0 Å². The van der Waals surface area contributed by atoms with E-state index < -0.39 is 10.9 Å². The van der Waals surface area contributed by atoms with Gasteiger partial charge < -0.3 is 14.2 Å². The van der Waals surface area contributed by atoms with Gasteiger partial charge in [0.2, 0.25) is 0 Å². The number of non-ortho nitro benzene ring substituents is 1. The number of nitro groups is 1. The molecule has 0 spiro atoms. The number of nitrogens with zero attached hydrogens (tertiary/aromatic N) is 1. The first-order chi connectivity index (χ1) is 7.59. The highest BCUT2D eigenvalue weighted by Gasteiger charge is 2.32. The van der Waals surface area contributed by atoms with E-state index in [-0.39, 0.29) is 5.69 Å². The summed E-state index contributed by atoms with van der Waals surface area (Å²) in [6.45, 7) is 0. The van der Waals surface area contributed by atoms with Crippen LogP contribution in [0, 0.1) is 10.1 Å².